The lowest BCUT2D eigenvalue weighted by atomic mass is 10.1. The number of carbonyl (C=O) groups excluding carboxylic acids is 1. The van der Waals surface area contributed by atoms with Gasteiger partial charge in [0.25, 0.3) is 0 Å². The Labute approximate surface area is 90.6 Å². The zero-order chi connectivity index (χ0) is 11.1. The lowest BCUT2D eigenvalue weighted by molar-refractivity contribution is -0.124. The molecule has 1 saturated carbocycles. The maximum absolute atomic E-state index is 11.5. The van der Waals surface area contributed by atoms with Crippen molar-refractivity contribution in [2.45, 2.75) is 32.1 Å². The molecule has 0 aromatic heterocycles. The molecule has 1 rings (SSSR count). The van der Waals surface area contributed by atoms with Crippen LogP contribution in [0.3, 0.4) is 0 Å². The van der Waals surface area contributed by atoms with Crippen molar-refractivity contribution in [3.8, 4) is 6.07 Å². The number of rotatable bonds is 7. The molecule has 0 atom stereocenters. The number of carbonyl (C=O) groups is 1. The van der Waals surface area contributed by atoms with Gasteiger partial charge >= 0.3 is 0 Å². The highest BCUT2D eigenvalue weighted by atomic mass is 16.5. The molecule has 0 aromatic carbocycles. The van der Waals surface area contributed by atoms with E-state index in [-0.39, 0.29) is 5.91 Å². The second-order valence-corrected chi connectivity index (χ2v) is 4.00. The van der Waals surface area contributed by atoms with Gasteiger partial charge in [-0.2, -0.15) is 5.26 Å². The third-order valence-electron chi connectivity index (χ3n) is 2.71. The van der Waals surface area contributed by atoms with Gasteiger partial charge in [-0.3, -0.25) is 4.79 Å². The van der Waals surface area contributed by atoms with Gasteiger partial charge in [0.05, 0.1) is 6.07 Å². The first kappa shape index (κ1) is 12.0. The van der Waals surface area contributed by atoms with Gasteiger partial charge in [-0.25, -0.2) is 0 Å². The van der Waals surface area contributed by atoms with Gasteiger partial charge in [0.1, 0.15) is 5.41 Å². The molecule has 84 valence electrons. The van der Waals surface area contributed by atoms with E-state index in [4.69, 9.17) is 10.00 Å². The predicted octanol–water partition coefficient (Wildman–Crippen LogP) is 1.22. The minimum Gasteiger partial charge on any atom is -0.385 e. The Hall–Kier alpha value is -1.08. The highest BCUT2D eigenvalue weighted by molar-refractivity contribution is 5.88. The van der Waals surface area contributed by atoms with Crippen LogP contribution < -0.4 is 5.32 Å². The van der Waals surface area contributed by atoms with Crippen molar-refractivity contribution in [3.05, 3.63) is 0 Å². The summed E-state index contributed by atoms with van der Waals surface area (Å²) in [5, 5.41) is 11.6. The van der Waals surface area contributed by atoms with E-state index in [2.05, 4.69) is 11.4 Å². The van der Waals surface area contributed by atoms with E-state index in [1.165, 1.54) is 0 Å². The maximum Gasteiger partial charge on any atom is 0.240 e. The molecule has 1 aliphatic carbocycles. The van der Waals surface area contributed by atoms with Crippen molar-refractivity contribution in [1.82, 2.24) is 5.32 Å². The van der Waals surface area contributed by atoms with Crippen molar-refractivity contribution in [2.24, 2.45) is 5.41 Å². The van der Waals surface area contributed by atoms with E-state index in [1.807, 2.05) is 0 Å². The molecule has 0 unspecified atom stereocenters. The molecule has 0 radical (unpaired) electrons. The summed E-state index contributed by atoms with van der Waals surface area (Å²) in [5.74, 6) is -0.0864. The van der Waals surface area contributed by atoms with Gasteiger partial charge in [-0.1, -0.05) is 0 Å². The van der Waals surface area contributed by atoms with Crippen LogP contribution in [0.5, 0.6) is 0 Å². The zero-order valence-corrected chi connectivity index (χ0v) is 9.21. The average molecular weight is 210 g/mol. The highest BCUT2D eigenvalue weighted by Gasteiger charge is 2.50. The molecule has 1 N–H and O–H groups in total. The monoisotopic (exact) mass is 210 g/mol. The van der Waals surface area contributed by atoms with E-state index in [9.17, 15) is 4.79 Å². The highest BCUT2D eigenvalue weighted by Crippen LogP contribution is 2.44. The van der Waals surface area contributed by atoms with Gasteiger partial charge in [0.2, 0.25) is 5.91 Å². The van der Waals surface area contributed by atoms with Gasteiger partial charge in [0.15, 0.2) is 0 Å². The Morgan fingerprint density at radius 2 is 2.20 bits per heavy atom. The summed E-state index contributed by atoms with van der Waals surface area (Å²) in [6, 6.07) is 2.08. The third kappa shape index (κ3) is 3.52. The molecule has 0 bridgehead atoms. The van der Waals surface area contributed by atoms with E-state index in [0.717, 1.165) is 38.7 Å². The number of hydrogen-bond donors (Lipinski definition) is 1. The Bertz CT molecular complexity index is 254. The molecule has 0 heterocycles. The largest absolute Gasteiger partial charge is 0.385 e. The number of amides is 1. The molecule has 1 aliphatic rings. The summed E-state index contributed by atoms with van der Waals surface area (Å²) >= 11 is 0. The average Bonchev–Trinajstić information content (AvgIpc) is 3.03. The summed E-state index contributed by atoms with van der Waals surface area (Å²) in [6.07, 6.45) is 4.47. The number of nitrogens with zero attached hydrogens (tertiary/aromatic N) is 1. The van der Waals surface area contributed by atoms with Crippen LogP contribution in [0.1, 0.15) is 32.1 Å². The number of nitrogens with one attached hydrogen (secondary N) is 1. The van der Waals surface area contributed by atoms with Crippen LogP contribution in [0.4, 0.5) is 0 Å². The molecule has 1 fully saturated rings. The van der Waals surface area contributed by atoms with E-state index in [0.29, 0.717) is 6.54 Å². The molecule has 0 spiro atoms. The smallest absolute Gasteiger partial charge is 0.240 e. The standard InChI is InChI=1S/C11H18N2O2/c1-15-8-4-2-3-7-13-10(14)11(9-12)5-6-11/h2-8H2,1H3,(H,13,14). The van der Waals surface area contributed by atoms with Gasteiger partial charge in [-0.15, -0.1) is 0 Å². The predicted molar refractivity (Wildman–Crippen MR) is 56.0 cm³/mol. The zero-order valence-electron chi connectivity index (χ0n) is 9.21. The first-order chi connectivity index (χ1) is 7.25. The SMILES string of the molecule is COCCCCCNC(=O)C1(C#N)CC1. The fourth-order valence-corrected chi connectivity index (χ4v) is 1.43. The quantitative estimate of drug-likeness (QED) is 0.643. The minimum atomic E-state index is -0.674. The summed E-state index contributed by atoms with van der Waals surface area (Å²) in [7, 11) is 1.69. The molecule has 0 aromatic rings. The topological polar surface area (TPSA) is 62.1 Å². The summed E-state index contributed by atoms with van der Waals surface area (Å²) in [5.41, 5.74) is -0.674. The lowest BCUT2D eigenvalue weighted by Crippen LogP contribution is -2.31. The third-order valence-corrected chi connectivity index (χ3v) is 2.71. The van der Waals surface area contributed by atoms with Crippen molar-refractivity contribution in [1.29, 1.82) is 5.26 Å². The first-order valence-electron chi connectivity index (χ1n) is 5.44. The van der Waals surface area contributed by atoms with E-state index < -0.39 is 5.41 Å². The van der Waals surface area contributed by atoms with Crippen molar-refractivity contribution in [3.63, 3.8) is 0 Å². The maximum atomic E-state index is 11.5. The fraction of sp³-hybridized carbons (Fsp3) is 0.818. The van der Waals surface area contributed by atoms with E-state index >= 15 is 0 Å². The second kappa shape index (κ2) is 5.72. The Balaban J connectivity index is 2.01. The van der Waals surface area contributed by atoms with Crippen LogP contribution in [0.15, 0.2) is 0 Å². The van der Waals surface area contributed by atoms with Crippen LogP contribution >= 0.6 is 0 Å². The molecule has 4 heteroatoms. The van der Waals surface area contributed by atoms with Crippen LogP contribution in [0.25, 0.3) is 0 Å². The lowest BCUT2D eigenvalue weighted by Gasteiger charge is -2.07. The first-order valence-corrected chi connectivity index (χ1v) is 5.44. The number of methoxy groups -OCH3 is 1. The summed E-state index contributed by atoms with van der Waals surface area (Å²) in [6.45, 7) is 1.45. The van der Waals surface area contributed by atoms with Crippen LogP contribution in [0.2, 0.25) is 0 Å². The number of nitriles is 1. The molecule has 15 heavy (non-hydrogen) atoms. The van der Waals surface area contributed by atoms with Gasteiger partial charge in [0, 0.05) is 20.3 Å². The summed E-state index contributed by atoms with van der Waals surface area (Å²) in [4.78, 5) is 11.5. The Morgan fingerprint density at radius 1 is 1.47 bits per heavy atom. The molecule has 0 aliphatic heterocycles. The van der Waals surface area contributed by atoms with Gasteiger partial charge in [-0.05, 0) is 32.1 Å². The van der Waals surface area contributed by atoms with Crippen LogP contribution in [-0.2, 0) is 9.53 Å². The fourth-order valence-electron chi connectivity index (χ4n) is 1.43. The number of ether oxygens (including phenoxy) is 1. The van der Waals surface area contributed by atoms with Crippen LogP contribution in [-0.4, -0.2) is 26.2 Å². The minimum absolute atomic E-state index is 0.0864. The molecule has 4 nitrogen and oxygen atoms in total. The summed E-state index contributed by atoms with van der Waals surface area (Å²) < 4.78 is 4.92. The molecular formula is C11H18N2O2. The molecular weight excluding hydrogens is 192 g/mol. The number of unbranched alkanes of at least 4 members (excludes halogenated alkanes) is 2. The van der Waals surface area contributed by atoms with Crippen molar-refractivity contribution in [2.75, 3.05) is 20.3 Å². The Morgan fingerprint density at radius 3 is 2.73 bits per heavy atom. The second-order valence-electron chi connectivity index (χ2n) is 4.00. The van der Waals surface area contributed by atoms with Crippen LogP contribution in [0, 0.1) is 16.7 Å². The van der Waals surface area contributed by atoms with Crippen molar-refractivity contribution >= 4 is 5.91 Å². The molecule has 0 saturated heterocycles. The van der Waals surface area contributed by atoms with Crippen molar-refractivity contribution < 1.29 is 9.53 Å². The normalized spacial score (nSPS) is 16.8. The van der Waals surface area contributed by atoms with E-state index in [1.54, 1.807) is 7.11 Å². The Kier molecular flexibility index (Phi) is 4.57. The number of hydrogen-bond acceptors (Lipinski definition) is 3. The molecule has 1 amide bonds. The van der Waals surface area contributed by atoms with Gasteiger partial charge < -0.3 is 10.1 Å².